The van der Waals surface area contributed by atoms with Crippen LogP contribution < -0.4 is 5.73 Å². The lowest BCUT2D eigenvalue weighted by Gasteiger charge is -2.19. The van der Waals surface area contributed by atoms with E-state index in [2.05, 4.69) is 13.8 Å². The number of rotatable bonds is 10. The maximum Gasteiger partial charge on any atom is 0.153 e. The average Bonchev–Trinajstić information content (AvgIpc) is 2.31. The summed E-state index contributed by atoms with van der Waals surface area (Å²) in [5, 5.41) is -0.402. The molecule has 0 radical (unpaired) electrons. The Hall–Kier alpha value is -0.420. The second-order valence-corrected chi connectivity index (χ2v) is 8.50. The SMILES string of the molecule is CC(C)C(CCN)CCC(=O)CCS(=O)(=O)C(C)C. The molecule has 1 atom stereocenters. The molecule has 0 aromatic carbocycles. The van der Waals surface area contributed by atoms with Gasteiger partial charge in [-0.25, -0.2) is 8.42 Å². The van der Waals surface area contributed by atoms with E-state index >= 15 is 0 Å². The molecule has 0 saturated heterocycles. The highest BCUT2D eigenvalue weighted by atomic mass is 32.2. The number of ketones is 1. The van der Waals surface area contributed by atoms with E-state index in [4.69, 9.17) is 5.73 Å². The van der Waals surface area contributed by atoms with Gasteiger partial charge < -0.3 is 5.73 Å². The van der Waals surface area contributed by atoms with E-state index in [-0.39, 0.29) is 18.0 Å². The minimum Gasteiger partial charge on any atom is -0.330 e. The third kappa shape index (κ3) is 7.67. The molecule has 0 bridgehead atoms. The Morgan fingerprint density at radius 1 is 1.05 bits per heavy atom. The second kappa shape index (κ2) is 8.69. The molecule has 0 saturated carbocycles. The Balaban J connectivity index is 4.12. The van der Waals surface area contributed by atoms with Crippen molar-refractivity contribution >= 4 is 15.6 Å². The standard InChI is InChI=1S/C14H29NO3S/c1-11(2)13(7-9-15)5-6-14(16)8-10-19(17,18)12(3)4/h11-13H,5-10,15H2,1-4H3. The number of sulfone groups is 1. The van der Waals surface area contributed by atoms with Crippen molar-refractivity contribution in [3.63, 3.8) is 0 Å². The normalized spacial score (nSPS) is 14.1. The predicted octanol–water partition coefficient (Wildman–Crippen LogP) is 2.17. The van der Waals surface area contributed by atoms with Gasteiger partial charge in [0.2, 0.25) is 0 Å². The Morgan fingerprint density at radius 2 is 1.63 bits per heavy atom. The molecule has 5 heteroatoms. The van der Waals surface area contributed by atoms with Gasteiger partial charge in [-0.15, -0.1) is 0 Å². The van der Waals surface area contributed by atoms with Crippen LogP contribution in [0.4, 0.5) is 0 Å². The number of Topliss-reactive ketones (excluding diaryl/α,β-unsaturated/α-hetero) is 1. The zero-order valence-corrected chi connectivity index (χ0v) is 13.5. The van der Waals surface area contributed by atoms with Crippen molar-refractivity contribution in [2.24, 2.45) is 17.6 Å². The third-order valence-corrected chi connectivity index (χ3v) is 5.87. The van der Waals surface area contributed by atoms with E-state index in [1.54, 1.807) is 13.8 Å². The molecule has 0 aliphatic heterocycles. The average molecular weight is 291 g/mol. The van der Waals surface area contributed by atoms with Crippen molar-refractivity contribution < 1.29 is 13.2 Å². The quantitative estimate of drug-likeness (QED) is 0.669. The highest BCUT2D eigenvalue weighted by molar-refractivity contribution is 7.91. The van der Waals surface area contributed by atoms with Crippen molar-refractivity contribution in [3.05, 3.63) is 0 Å². The number of hydrogen-bond donors (Lipinski definition) is 1. The Bertz CT molecular complexity index is 361. The lowest BCUT2D eigenvalue weighted by Crippen LogP contribution is -2.20. The van der Waals surface area contributed by atoms with Crippen LogP contribution in [0.1, 0.15) is 53.4 Å². The summed E-state index contributed by atoms with van der Waals surface area (Å²) in [6.45, 7) is 8.20. The van der Waals surface area contributed by atoms with Gasteiger partial charge in [0.05, 0.1) is 11.0 Å². The first kappa shape index (κ1) is 18.6. The van der Waals surface area contributed by atoms with Crippen LogP contribution >= 0.6 is 0 Å². The summed E-state index contributed by atoms with van der Waals surface area (Å²) in [5.74, 6) is 0.991. The minimum atomic E-state index is -3.10. The van der Waals surface area contributed by atoms with Crippen LogP contribution in [0.3, 0.4) is 0 Å². The first-order valence-corrected chi connectivity index (χ1v) is 8.85. The van der Waals surface area contributed by atoms with Crippen molar-refractivity contribution in [1.82, 2.24) is 0 Å². The Morgan fingerprint density at radius 3 is 2.05 bits per heavy atom. The number of nitrogens with two attached hydrogens (primary N) is 1. The molecule has 0 aliphatic carbocycles. The Kier molecular flexibility index (Phi) is 8.50. The van der Waals surface area contributed by atoms with Crippen LogP contribution in [0.5, 0.6) is 0 Å². The fourth-order valence-electron chi connectivity index (χ4n) is 1.99. The minimum absolute atomic E-state index is 0.0211. The molecule has 0 aromatic rings. The van der Waals surface area contributed by atoms with Gasteiger partial charge in [-0.2, -0.15) is 0 Å². The molecule has 4 nitrogen and oxygen atoms in total. The molecule has 1 unspecified atom stereocenters. The summed E-state index contributed by atoms with van der Waals surface area (Å²) in [6.07, 6.45) is 2.36. The van der Waals surface area contributed by atoms with Crippen LogP contribution in [-0.2, 0) is 14.6 Å². The molecule has 0 aliphatic rings. The number of carbonyl (C=O) groups is 1. The van der Waals surface area contributed by atoms with Gasteiger partial charge in [0.15, 0.2) is 9.84 Å². The first-order chi connectivity index (χ1) is 8.70. The maximum atomic E-state index is 11.7. The van der Waals surface area contributed by atoms with Gasteiger partial charge in [-0.3, -0.25) is 4.79 Å². The van der Waals surface area contributed by atoms with E-state index in [9.17, 15) is 13.2 Å². The van der Waals surface area contributed by atoms with Crippen molar-refractivity contribution in [3.8, 4) is 0 Å². The molecule has 0 aromatic heterocycles. The fourth-order valence-corrected chi connectivity index (χ4v) is 2.97. The van der Waals surface area contributed by atoms with Crippen molar-refractivity contribution in [2.75, 3.05) is 12.3 Å². The van der Waals surface area contributed by atoms with Gasteiger partial charge in [0.1, 0.15) is 5.78 Å². The van der Waals surface area contributed by atoms with E-state index < -0.39 is 15.1 Å². The molecular weight excluding hydrogens is 262 g/mol. The first-order valence-electron chi connectivity index (χ1n) is 7.14. The van der Waals surface area contributed by atoms with Gasteiger partial charge in [-0.1, -0.05) is 13.8 Å². The monoisotopic (exact) mass is 291 g/mol. The number of hydrogen-bond acceptors (Lipinski definition) is 4. The molecule has 0 spiro atoms. The topological polar surface area (TPSA) is 77.2 Å². The maximum absolute atomic E-state index is 11.7. The van der Waals surface area contributed by atoms with Crippen LogP contribution in [0.2, 0.25) is 0 Å². The summed E-state index contributed by atoms with van der Waals surface area (Å²) < 4.78 is 23.2. The number of carbonyl (C=O) groups excluding carboxylic acids is 1. The van der Waals surface area contributed by atoms with E-state index in [1.807, 2.05) is 0 Å². The smallest absolute Gasteiger partial charge is 0.153 e. The van der Waals surface area contributed by atoms with E-state index in [0.29, 0.717) is 24.8 Å². The van der Waals surface area contributed by atoms with Crippen LogP contribution in [-0.4, -0.2) is 31.7 Å². The summed E-state index contributed by atoms with van der Waals surface area (Å²) >= 11 is 0. The molecule has 2 N–H and O–H groups in total. The molecule has 0 heterocycles. The van der Waals surface area contributed by atoms with E-state index in [0.717, 1.165) is 12.8 Å². The van der Waals surface area contributed by atoms with Gasteiger partial charge in [0, 0.05) is 12.8 Å². The zero-order valence-electron chi connectivity index (χ0n) is 12.7. The zero-order chi connectivity index (χ0) is 15.1. The lowest BCUT2D eigenvalue weighted by atomic mass is 9.87. The summed E-state index contributed by atoms with van der Waals surface area (Å²) in [7, 11) is -3.10. The summed E-state index contributed by atoms with van der Waals surface area (Å²) in [4.78, 5) is 11.7. The van der Waals surface area contributed by atoms with Crippen LogP contribution in [0.25, 0.3) is 0 Å². The lowest BCUT2D eigenvalue weighted by molar-refractivity contribution is -0.119. The van der Waals surface area contributed by atoms with Crippen molar-refractivity contribution in [1.29, 1.82) is 0 Å². The third-order valence-electron chi connectivity index (χ3n) is 3.66. The fraction of sp³-hybridized carbons (Fsp3) is 0.929. The highest BCUT2D eigenvalue weighted by Gasteiger charge is 2.19. The molecule has 0 fully saturated rings. The molecular formula is C14H29NO3S. The highest BCUT2D eigenvalue weighted by Crippen LogP contribution is 2.21. The molecule has 19 heavy (non-hydrogen) atoms. The molecule has 114 valence electrons. The summed E-state index contributed by atoms with van der Waals surface area (Å²) in [5.41, 5.74) is 5.56. The van der Waals surface area contributed by atoms with Gasteiger partial charge >= 0.3 is 0 Å². The second-order valence-electron chi connectivity index (χ2n) is 5.82. The van der Waals surface area contributed by atoms with Gasteiger partial charge in [0.25, 0.3) is 0 Å². The largest absolute Gasteiger partial charge is 0.330 e. The van der Waals surface area contributed by atoms with E-state index in [1.165, 1.54) is 0 Å². The van der Waals surface area contributed by atoms with Gasteiger partial charge in [-0.05, 0) is 45.1 Å². The predicted molar refractivity (Wildman–Crippen MR) is 79.8 cm³/mol. The molecule has 0 amide bonds. The Labute approximate surface area is 118 Å². The van der Waals surface area contributed by atoms with Crippen LogP contribution in [0, 0.1) is 11.8 Å². The summed E-state index contributed by atoms with van der Waals surface area (Å²) in [6, 6.07) is 0. The van der Waals surface area contributed by atoms with Crippen molar-refractivity contribution in [2.45, 2.75) is 58.6 Å². The molecule has 0 rings (SSSR count). The van der Waals surface area contributed by atoms with Crippen LogP contribution in [0.15, 0.2) is 0 Å².